The topological polar surface area (TPSA) is 69.9 Å². The van der Waals surface area contributed by atoms with Gasteiger partial charge in [0.15, 0.2) is 0 Å². The Bertz CT molecular complexity index is 179. The highest BCUT2D eigenvalue weighted by molar-refractivity contribution is 5.07. The second-order valence-electron chi connectivity index (χ2n) is 3.74. The summed E-state index contributed by atoms with van der Waals surface area (Å²) in [6.45, 7) is 1.75. The van der Waals surface area contributed by atoms with E-state index < -0.39 is 18.3 Å². The third-order valence-corrected chi connectivity index (χ3v) is 3.00. The minimum Gasteiger partial charge on any atom is -0.394 e. The Kier molecular flexibility index (Phi) is 1.88. The summed E-state index contributed by atoms with van der Waals surface area (Å²) in [6.07, 6.45) is -2.22. The van der Waals surface area contributed by atoms with Gasteiger partial charge < -0.3 is 20.1 Å². The van der Waals surface area contributed by atoms with Crippen molar-refractivity contribution in [2.75, 3.05) is 6.61 Å². The van der Waals surface area contributed by atoms with Crippen LogP contribution in [0.3, 0.4) is 0 Å². The van der Waals surface area contributed by atoms with E-state index in [0.29, 0.717) is 5.92 Å². The van der Waals surface area contributed by atoms with Gasteiger partial charge in [-0.05, 0) is 5.92 Å². The van der Waals surface area contributed by atoms with Crippen molar-refractivity contribution >= 4 is 0 Å². The van der Waals surface area contributed by atoms with E-state index in [9.17, 15) is 10.2 Å². The highest BCUT2D eigenvalue weighted by Crippen LogP contribution is 2.49. The summed E-state index contributed by atoms with van der Waals surface area (Å²) < 4.78 is 5.34. The van der Waals surface area contributed by atoms with Gasteiger partial charge in [0.25, 0.3) is 0 Å². The molecule has 1 saturated heterocycles. The van der Waals surface area contributed by atoms with Gasteiger partial charge in [-0.25, -0.2) is 0 Å². The molecule has 4 heteroatoms. The third kappa shape index (κ3) is 0.992. The molecule has 0 spiro atoms. The van der Waals surface area contributed by atoms with E-state index >= 15 is 0 Å². The normalized spacial score (nSPS) is 58.0. The highest BCUT2D eigenvalue weighted by atomic mass is 16.5. The summed E-state index contributed by atoms with van der Waals surface area (Å²) in [7, 11) is 0. The lowest BCUT2D eigenvalue weighted by molar-refractivity contribution is -0.152. The quantitative estimate of drug-likeness (QED) is 0.464. The summed E-state index contributed by atoms with van der Waals surface area (Å²) >= 11 is 0. The molecule has 3 N–H and O–H groups in total. The van der Waals surface area contributed by atoms with Crippen LogP contribution in [-0.2, 0) is 4.74 Å². The molecule has 6 unspecified atom stereocenters. The molecule has 0 bridgehead atoms. The first-order valence-corrected chi connectivity index (χ1v) is 4.29. The minimum absolute atomic E-state index is 0.0422. The fourth-order valence-corrected chi connectivity index (χ4v) is 2.06. The molecule has 0 aromatic carbocycles. The molecule has 1 aliphatic heterocycles. The first kappa shape index (κ1) is 8.44. The second kappa shape index (κ2) is 2.67. The summed E-state index contributed by atoms with van der Waals surface area (Å²) in [5.41, 5.74) is 0. The molecule has 1 aliphatic carbocycles. The molecule has 1 heterocycles. The van der Waals surface area contributed by atoms with Gasteiger partial charge in [0.2, 0.25) is 0 Å². The Labute approximate surface area is 70.8 Å². The van der Waals surface area contributed by atoms with Gasteiger partial charge in [0.1, 0.15) is 12.2 Å². The van der Waals surface area contributed by atoms with E-state index in [1.807, 2.05) is 6.92 Å². The number of hydrogen-bond donors (Lipinski definition) is 3. The Morgan fingerprint density at radius 2 is 1.92 bits per heavy atom. The Balaban J connectivity index is 2.06. The zero-order chi connectivity index (χ0) is 8.88. The van der Waals surface area contributed by atoms with Gasteiger partial charge in [0.05, 0.1) is 18.8 Å². The SMILES string of the molecule is CC1C2OC(CO)C(O)C(O)C12. The molecule has 0 radical (unpaired) electrons. The smallest absolute Gasteiger partial charge is 0.109 e. The molecule has 2 fully saturated rings. The second-order valence-corrected chi connectivity index (χ2v) is 3.74. The van der Waals surface area contributed by atoms with Crippen molar-refractivity contribution in [3.8, 4) is 0 Å². The third-order valence-electron chi connectivity index (χ3n) is 3.00. The summed E-state index contributed by atoms with van der Waals surface area (Å²) in [4.78, 5) is 0. The van der Waals surface area contributed by atoms with Crippen LogP contribution in [0.25, 0.3) is 0 Å². The number of rotatable bonds is 1. The van der Waals surface area contributed by atoms with Gasteiger partial charge in [-0.2, -0.15) is 0 Å². The largest absolute Gasteiger partial charge is 0.394 e. The maximum absolute atomic E-state index is 9.52. The van der Waals surface area contributed by atoms with Crippen molar-refractivity contribution in [2.24, 2.45) is 11.8 Å². The molecule has 4 nitrogen and oxygen atoms in total. The Morgan fingerprint density at radius 3 is 2.50 bits per heavy atom. The molecular formula is C8H14O4. The van der Waals surface area contributed by atoms with Crippen LogP contribution in [0.15, 0.2) is 0 Å². The van der Waals surface area contributed by atoms with Crippen molar-refractivity contribution in [2.45, 2.75) is 31.3 Å². The molecule has 12 heavy (non-hydrogen) atoms. The van der Waals surface area contributed by atoms with E-state index in [1.165, 1.54) is 0 Å². The summed E-state index contributed by atoms with van der Waals surface area (Å²) in [6, 6.07) is 0. The van der Waals surface area contributed by atoms with Crippen LogP contribution in [0.2, 0.25) is 0 Å². The molecule has 2 aliphatic rings. The van der Waals surface area contributed by atoms with Gasteiger partial charge in [-0.3, -0.25) is 0 Å². The molecule has 0 aromatic heterocycles. The zero-order valence-corrected chi connectivity index (χ0v) is 6.92. The standard InChI is InChI=1S/C8H14O4/c1-3-5-7(11)6(10)4(2-9)12-8(3)5/h3-11H,2H2,1H3. The summed E-state index contributed by atoms with van der Waals surface area (Å²) in [5.74, 6) is 0.383. The average molecular weight is 174 g/mol. The van der Waals surface area contributed by atoms with Crippen molar-refractivity contribution in [1.29, 1.82) is 0 Å². The van der Waals surface area contributed by atoms with Crippen molar-refractivity contribution < 1.29 is 20.1 Å². The number of aliphatic hydroxyl groups is 3. The van der Waals surface area contributed by atoms with Gasteiger partial charge in [-0.1, -0.05) is 6.92 Å². The van der Waals surface area contributed by atoms with Crippen LogP contribution in [0, 0.1) is 11.8 Å². The molecule has 2 rings (SSSR count). The molecule has 0 aromatic rings. The first-order chi connectivity index (χ1) is 5.66. The molecule has 6 atom stereocenters. The lowest BCUT2D eigenvalue weighted by Crippen LogP contribution is -2.47. The van der Waals surface area contributed by atoms with Gasteiger partial charge >= 0.3 is 0 Å². The minimum atomic E-state index is -0.929. The monoisotopic (exact) mass is 174 g/mol. The number of fused-ring (bicyclic) bond motifs is 1. The number of hydrogen-bond acceptors (Lipinski definition) is 4. The number of aliphatic hydroxyl groups excluding tert-OH is 3. The van der Waals surface area contributed by atoms with Crippen molar-refractivity contribution in [1.82, 2.24) is 0 Å². The van der Waals surface area contributed by atoms with Gasteiger partial charge in [0, 0.05) is 5.92 Å². The fourth-order valence-electron chi connectivity index (χ4n) is 2.06. The van der Waals surface area contributed by atoms with Crippen molar-refractivity contribution in [3.05, 3.63) is 0 Å². The Hall–Kier alpha value is -0.160. The van der Waals surface area contributed by atoms with Crippen molar-refractivity contribution in [3.63, 3.8) is 0 Å². The molecular weight excluding hydrogens is 160 g/mol. The first-order valence-electron chi connectivity index (χ1n) is 4.29. The number of ether oxygens (including phenoxy) is 1. The van der Waals surface area contributed by atoms with E-state index in [4.69, 9.17) is 9.84 Å². The lowest BCUT2D eigenvalue weighted by atomic mass is 10.0. The van der Waals surface area contributed by atoms with Gasteiger partial charge in [-0.15, -0.1) is 0 Å². The maximum Gasteiger partial charge on any atom is 0.109 e. The van der Waals surface area contributed by atoms with Crippen LogP contribution < -0.4 is 0 Å². The van der Waals surface area contributed by atoms with Crippen LogP contribution >= 0.6 is 0 Å². The zero-order valence-electron chi connectivity index (χ0n) is 6.92. The predicted octanol–water partition coefficient (Wildman–Crippen LogP) is -1.27. The highest BCUT2D eigenvalue weighted by Gasteiger charge is 2.59. The van der Waals surface area contributed by atoms with E-state index in [0.717, 1.165) is 0 Å². The molecule has 0 amide bonds. The fraction of sp³-hybridized carbons (Fsp3) is 1.00. The predicted molar refractivity (Wildman–Crippen MR) is 40.4 cm³/mol. The Morgan fingerprint density at radius 1 is 1.25 bits per heavy atom. The van der Waals surface area contributed by atoms with Crippen LogP contribution in [0.5, 0.6) is 0 Å². The average Bonchev–Trinajstić information content (AvgIpc) is 2.69. The van der Waals surface area contributed by atoms with Crippen LogP contribution in [-0.4, -0.2) is 46.3 Å². The van der Waals surface area contributed by atoms with E-state index in [2.05, 4.69) is 0 Å². The lowest BCUT2D eigenvalue weighted by Gasteiger charge is -2.30. The van der Waals surface area contributed by atoms with E-state index in [-0.39, 0.29) is 18.6 Å². The van der Waals surface area contributed by atoms with Crippen LogP contribution in [0.1, 0.15) is 6.92 Å². The van der Waals surface area contributed by atoms with Crippen LogP contribution in [0.4, 0.5) is 0 Å². The summed E-state index contributed by atoms with van der Waals surface area (Å²) in [5, 5.41) is 27.7. The maximum atomic E-state index is 9.52. The molecule has 70 valence electrons. The van der Waals surface area contributed by atoms with E-state index in [1.54, 1.807) is 0 Å². The molecule has 1 saturated carbocycles.